The van der Waals surface area contributed by atoms with Crippen LogP contribution in [-0.2, 0) is 19.4 Å². The topological polar surface area (TPSA) is 85.8 Å². The Balaban J connectivity index is 1.44. The number of fused-ring (bicyclic) bond motifs is 1. The summed E-state index contributed by atoms with van der Waals surface area (Å²) in [4.78, 5) is 19.7. The molecular formula is C23H26N2O5S2. The molecule has 4 rings (SSSR count). The number of amides is 1. The Bertz CT molecular complexity index is 1140. The lowest BCUT2D eigenvalue weighted by atomic mass is 10.2. The fraction of sp³-hybridized carbons (Fsp3) is 0.391. The first-order valence-electron chi connectivity index (χ1n) is 10.6. The van der Waals surface area contributed by atoms with Crippen molar-refractivity contribution in [2.75, 3.05) is 30.9 Å². The van der Waals surface area contributed by atoms with Gasteiger partial charge in [-0.3, -0.25) is 9.69 Å². The highest BCUT2D eigenvalue weighted by molar-refractivity contribution is 7.91. The molecule has 0 N–H and O–H groups in total. The number of sulfone groups is 1. The smallest absolute Gasteiger partial charge is 0.228 e. The molecule has 2 aromatic carbocycles. The Labute approximate surface area is 191 Å². The number of anilines is 1. The van der Waals surface area contributed by atoms with Gasteiger partial charge in [-0.2, -0.15) is 0 Å². The molecular weight excluding hydrogens is 448 g/mol. The number of thiazole rings is 1. The third kappa shape index (κ3) is 5.28. The predicted octanol–water partition coefficient (Wildman–Crippen LogP) is 4.07. The first-order valence-corrected chi connectivity index (χ1v) is 13.1. The monoisotopic (exact) mass is 474 g/mol. The number of nitrogens with zero attached hydrogens (tertiary/aromatic N) is 2. The molecule has 3 aromatic rings. The highest BCUT2D eigenvalue weighted by Crippen LogP contribution is 2.30. The average molecular weight is 475 g/mol. The summed E-state index contributed by atoms with van der Waals surface area (Å²) in [5.74, 6) is 0.364. The highest BCUT2D eigenvalue weighted by Gasteiger charge is 2.26. The second kappa shape index (κ2) is 9.97. The Morgan fingerprint density at radius 2 is 2.00 bits per heavy atom. The average Bonchev–Trinajstić information content (AvgIpc) is 3.46. The molecule has 0 bridgehead atoms. The van der Waals surface area contributed by atoms with Crippen LogP contribution in [-0.4, -0.2) is 51.4 Å². The zero-order valence-corrected chi connectivity index (χ0v) is 19.5. The Morgan fingerprint density at radius 3 is 2.69 bits per heavy atom. The van der Waals surface area contributed by atoms with E-state index in [1.54, 1.807) is 17.0 Å². The summed E-state index contributed by atoms with van der Waals surface area (Å²) in [5.41, 5.74) is 0.847. The molecule has 1 unspecified atom stereocenters. The van der Waals surface area contributed by atoms with Gasteiger partial charge in [0.2, 0.25) is 5.91 Å². The number of para-hydroxylation sites is 1. The van der Waals surface area contributed by atoms with Crippen molar-refractivity contribution in [2.24, 2.45) is 0 Å². The molecule has 2 heterocycles. The summed E-state index contributed by atoms with van der Waals surface area (Å²) in [6, 6.07) is 14.1. The van der Waals surface area contributed by atoms with E-state index < -0.39 is 9.84 Å². The van der Waals surface area contributed by atoms with E-state index >= 15 is 0 Å². The molecule has 1 atom stereocenters. The lowest BCUT2D eigenvalue weighted by Gasteiger charge is -2.23. The van der Waals surface area contributed by atoms with Crippen LogP contribution in [0, 0.1) is 0 Å². The second-order valence-electron chi connectivity index (χ2n) is 7.70. The second-order valence-corrected chi connectivity index (χ2v) is 10.8. The molecule has 1 aromatic heterocycles. The largest absolute Gasteiger partial charge is 0.497 e. The number of carbonyl (C=O) groups is 1. The van der Waals surface area contributed by atoms with Crippen molar-refractivity contribution in [1.29, 1.82) is 0 Å². The molecule has 0 saturated carbocycles. The molecule has 1 fully saturated rings. The zero-order valence-electron chi connectivity index (χ0n) is 17.9. The fourth-order valence-corrected chi connectivity index (χ4v) is 6.01. The number of hydrogen-bond acceptors (Lipinski definition) is 7. The number of benzene rings is 2. The maximum Gasteiger partial charge on any atom is 0.228 e. The molecule has 0 radical (unpaired) electrons. The van der Waals surface area contributed by atoms with Gasteiger partial charge in [0.15, 0.2) is 15.0 Å². The van der Waals surface area contributed by atoms with Crippen molar-refractivity contribution >= 4 is 42.4 Å². The van der Waals surface area contributed by atoms with Crippen LogP contribution in [0.1, 0.15) is 25.7 Å². The van der Waals surface area contributed by atoms with Crippen LogP contribution in [0.4, 0.5) is 5.13 Å². The van der Waals surface area contributed by atoms with Crippen molar-refractivity contribution in [2.45, 2.75) is 36.7 Å². The Hall–Kier alpha value is -2.49. The minimum Gasteiger partial charge on any atom is -0.497 e. The predicted molar refractivity (Wildman–Crippen MR) is 125 cm³/mol. The van der Waals surface area contributed by atoms with Gasteiger partial charge in [0.05, 0.1) is 40.6 Å². The van der Waals surface area contributed by atoms with Crippen LogP contribution in [0.5, 0.6) is 5.75 Å². The standard InChI is InChI=1S/C23H26N2O5S2/c1-29-17-10-12-19(13-11-17)32(27,28)15-5-9-22(26)25(16-18-6-4-14-30-18)23-24-20-7-2-3-8-21(20)31-23/h2-3,7-8,10-13,18H,4-6,9,14-16H2,1H3. The summed E-state index contributed by atoms with van der Waals surface area (Å²) in [7, 11) is -1.95. The van der Waals surface area contributed by atoms with Gasteiger partial charge in [-0.15, -0.1) is 0 Å². The van der Waals surface area contributed by atoms with E-state index in [1.807, 2.05) is 24.3 Å². The van der Waals surface area contributed by atoms with Gasteiger partial charge in [0, 0.05) is 13.0 Å². The Morgan fingerprint density at radius 1 is 1.22 bits per heavy atom. The van der Waals surface area contributed by atoms with E-state index in [0.29, 0.717) is 24.0 Å². The first kappa shape index (κ1) is 22.7. The molecule has 170 valence electrons. The number of hydrogen-bond donors (Lipinski definition) is 0. The normalized spacial score (nSPS) is 16.3. The van der Waals surface area contributed by atoms with Crippen LogP contribution < -0.4 is 9.64 Å². The van der Waals surface area contributed by atoms with Gasteiger partial charge < -0.3 is 9.47 Å². The highest BCUT2D eigenvalue weighted by atomic mass is 32.2. The SMILES string of the molecule is COc1ccc(S(=O)(=O)CCCC(=O)N(CC2CCCO2)c2nc3ccccc3s2)cc1. The zero-order chi connectivity index (χ0) is 22.6. The van der Waals surface area contributed by atoms with Crippen LogP contribution >= 0.6 is 11.3 Å². The first-order chi connectivity index (χ1) is 15.5. The molecule has 1 aliphatic rings. The molecule has 1 aliphatic heterocycles. The molecule has 0 aliphatic carbocycles. The lowest BCUT2D eigenvalue weighted by Crippen LogP contribution is -2.37. The quantitative estimate of drug-likeness (QED) is 0.465. The van der Waals surface area contributed by atoms with Crippen molar-refractivity contribution in [3.63, 3.8) is 0 Å². The van der Waals surface area contributed by atoms with Crippen LogP contribution in [0.2, 0.25) is 0 Å². The molecule has 0 spiro atoms. The van der Waals surface area contributed by atoms with Gasteiger partial charge in [0.1, 0.15) is 5.75 Å². The van der Waals surface area contributed by atoms with E-state index in [0.717, 1.165) is 23.1 Å². The fourth-order valence-electron chi connectivity index (χ4n) is 3.70. The third-order valence-corrected chi connectivity index (χ3v) is 8.32. The van der Waals surface area contributed by atoms with Gasteiger partial charge >= 0.3 is 0 Å². The number of methoxy groups -OCH3 is 1. The van der Waals surface area contributed by atoms with Gasteiger partial charge in [0.25, 0.3) is 0 Å². The van der Waals surface area contributed by atoms with E-state index in [1.165, 1.54) is 30.6 Å². The van der Waals surface area contributed by atoms with Crippen LogP contribution in [0.3, 0.4) is 0 Å². The number of aromatic nitrogens is 1. The van der Waals surface area contributed by atoms with Crippen molar-refractivity contribution in [3.8, 4) is 5.75 Å². The van der Waals surface area contributed by atoms with Crippen molar-refractivity contribution < 1.29 is 22.7 Å². The summed E-state index contributed by atoms with van der Waals surface area (Å²) in [6.45, 7) is 1.14. The molecule has 9 heteroatoms. The van der Waals surface area contributed by atoms with E-state index in [-0.39, 0.29) is 35.5 Å². The molecule has 1 amide bonds. The summed E-state index contributed by atoms with van der Waals surface area (Å²) < 4.78 is 37.1. The van der Waals surface area contributed by atoms with E-state index in [4.69, 9.17) is 9.47 Å². The number of carbonyl (C=O) groups excluding carboxylic acids is 1. The summed E-state index contributed by atoms with van der Waals surface area (Å²) in [6.07, 6.45) is 2.22. The minimum absolute atomic E-state index is 0.0194. The minimum atomic E-state index is -3.48. The summed E-state index contributed by atoms with van der Waals surface area (Å²) >= 11 is 1.46. The maximum atomic E-state index is 13.1. The number of ether oxygens (including phenoxy) is 2. The van der Waals surface area contributed by atoms with Crippen LogP contribution in [0.15, 0.2) is 53.4 Å². The third-order valence-electron chi connectivity index (χ3n) is 5.45. The van der Waals surface area contributed by atoms with E-state index in [2.05, 4.69) is 4.98 Å². The van der Waals surface area contributed by atoms with Crippen LogP contribution in [0.25, 0.3) is 10.2 Å². The maximum absolute atomic E-state index is 13.1. The van der Waals surface area contributed by atoms with Gasteiger partial charge in [-0.05, 0) is 55.7 Å². The number of rotatable bonds is 9. The molecule has 7 nitrogen and oxygen atoms in total. The van der Waals surface area contributed by atoms with E-state index in [9.17, 15) is 13.2 Å². The Kier molecular flexibility index (Phi) is 7.07. The molecule has 1 saturated heterocycles. The van der Waals surface area contributed by atoms with Gasteiger partial charge in [-0.1, -0.05) is 23.5 Å². The van der Waals surface area contributed by atoms with Crippen molar-refractivity contribution in [3.05, 3.63) is 48.5 Å². The van der Waals surface area contributed by atoms with Gasteiger partial charge in [-0.25, -0.2) is 13.4 Å². The lowest BCUT2D eigenvalue weighted by molar-refractivity contribution is -0.119. The van der Waals surface area contributed by atoms with Crippen molar-refractivity contribution in [1.82, 2.24) is 4.98 Å². The summed E-state index contributed by atoms with van der Waals surface area (Å²) in [5, 5.41) is 0.629. The molecule has 32 heavy (non-hydrogen) atoms.